The number of hydrogen-bond acceptors (Lipinski definition) is 5. The third kappa shape index (κ3) is 4.70. The molecule has 1 rings (SSSR count). The van der Waals surface area contributed by atoms with Crippen molar-refractivity contribution in [2.75, 3.05) is 30.8 Å². The van der Waals surface area contributed by atoms with Crippen LogP contribution in [0.4, 0.5) is 10.9 Å². The van der Waals surface area contributed by atoms with Crippen molar-refractivity contribution in [2.45, 2.75) is 39.5 Å². The van der Waals surface area contributed by atoms with Crippen LogP contribution in [0.1, 0.15) is 49.2 Å². The number of nitrogens with zero attached hydrogens (tertiary/aromatic N) is 2. The van der Waals surface area contributed by atoms with Gasteiger partial charge in [0.15, 0.2) is 5.13 Å². The molecule has 0 aliphatic heterocycles. The van der Waals surface area contributed by atoms with E-state index in [1.54, 1.807) is 0 Å². The minimum Gasteiger partial charge on any atom is -0.382 e. The van der Waals surface area contributed by atoms with Gasteiger partial charge in [-0.25, -0.2) is 4.98 Å². The summed E-state index contributed by atoms with van der Waals surface area (Å²) in [5.41, 5.74) is 5.82. The second kappa shape index (κ2) is 7.99. The van der Waals surface area contributed by atoms with E-state index in [2.05, 4.69) is 24.1 Å². The van der Waals surface area contributed by atoms with E-state index >= 15 is 0 Å². The summed E-state index contributed by atoms with van der Waals surface area (Å²) in [6.07, 6.45) is 4.31. The number of nitrogens with two attached hydrogens (primary N) is 1. The molecule has 1 amide bonds. The number of carbonyl (C=O) groups is 1. The molecule has 0 aliphatic rings. The maximum absolute atomic E-state index is 12.0. The third-order valence-electron chi connectivity index (χ3n) is 2.80. The van der Waals surface area contributed by atoms with Crippen LogP contribution in [0.15, 0.2) is 0 Å². The van der Waals surface area contributed by atoms with E-state index in [1.807, 2.05) is 11.9 Å². The summed E-state index contributed by atoms with van der Waals surface area (Å²) in [4.78, 5) is 18.8. The van der Waals surface area contributed by atoms with Crippen LogP contribution in [0.5, 0.6) is 0 Å². The number of amides is 1. The van der Waals surface area contributed by atoms with Crippen LogP contribution in [0.25, 0.3) is 0 Å². The van der Waals surface area contributed by atoms with E-state index in [0.717, 1.165) is 37.4 Å². The molecule has 0 atom stereocenters. The molecule has 19 heavy (non-hydrogen) atoms. The molecule has 1 aromatic rings. The van der Waals surface area contributed by atoms with Crippen LogP contribution >= 0.6 is 11.3 Å². The Kier molecular flexibility index (Phi) is 6.62. The molecule has 3 N–H and O–H groups in total. The topological polar surface area (TPSA) is 71.2 Å². The summed E-state index contributed by atoms with van der Waals surface area (Å²) in [5.74, 6) is 0.221. The van der Waals surface area contributed by atoms with Crippen LogP contribution < -0.4 is 16.0 Å². The molecule has 0 saturated heterocycles. The van der Waals surface area contributed by atoms with Crippen molar-refractivity contribution in [1.29, 1.82) is 0 Å². The Labute approximate surface area is 119 Å². The third-order valence-corrected chi connectivity index (χ3v) is 3.98. The van der Waals surface area contributed by atoms with Crippen LogP contribution in [0, 0.1) is 0 Å². The number of unbranched alkanes of at least 4 members (excludes halogenated alkanes) is 2. The summed E-state index contributed by atoms with van der Waals surface area (Å²) in [5, 5.41) is 3.70. The summed E-state index contributed by atoms with van der Waals surface area (Å²) in [7, 11) is 1.96. The lowest BCUT2D eigenvalue weighted by atomic mass is 10.2. The number of rotatable bonds is 8. The lowest BCUT2D eigenvalue weighted by molar-refractivity contribution is 0.0957. The zero-order valence-corrected chi connectivity index (χ0v) is 12.8. The lowest BCUT2D eigenvalue weighted by Crippen LogP contribution is -2.24. The van der Waals surface area contributed by atoms with Gasteiger partial charge < -0.3 is 16.0 Å². The second-order valence-electron chi connectivity index (χ2n) is 4.60. The minimum atomic E-state index is -0.109. The Morgan fingerprint density at radius 2 is 2.11 bits per heavy atom. The van der Waals surface area contributed by atoms with E-state index in [4.69, 9.17) is 5.73 Å². The summed E-state index contributed by atoms with van der Waals surface area (Å²) in [6.45, 7) is 5.85. The van der Waals surface area contributed by atoms with Crippen molar-refractivity contribution in [2.24, 2.45) is 0 Å². The normalized spacial score (nSPS) is 10.5. The van der Waals surface area contributed by atoms with Crippen LogP contribution in [-0.2, 0) is 0 Å². The fraction of sp³-hybridized carbons (Fsp3) is 0.692. The molecule has 0 saturated carbocycles. The standard InChI is InChI=1S/C13H24N4OS/c1-4-6-7-8-15-12(18)10-11(14)16-13(19-10)17(3)9-5-2/h4-9,14H2,1-3H3,(H,15,18). The van der Waals surface area contributed by atoms with Crippen molar-refractivity contribution in [3.05, 3.63) is 4.88 Å². The quantitative estimate of drug-likeness (QED) is 0.719. The first-order valence-electron chi connectivity index (χ1n) is 6.85. The Morgan fingerprint density at radius 1 is 1.37 bits per heavy atom. The van der Waals surface area contributed by atoms with Crippen LogP contribution in [0.2, 0.25) is 0 Å². The van der Waals surface area contributed by atoms with Gasteiger partial charge in [0.05, 0.1) is 0 Å². The van der Waals surface area contributed by atoms with E-state index in [9.17, 15) is 4.79 Å². The number of nitrogens with one attached hydrogen (secondary N) is 1. The Hall–Kier alpha value is -1.30. The molecule has 0 radical (unpaired) electrons. The van der Waals surface area contributed by atoms with Gasteiger partial charge in [-0.05, 0) is 12.8 Å². The maximum Gasteiger partial charge on any atom is 0.265 e. The summed E-state index contributed by atoms with van der Waals surface area (Å²) >= 11 is 1.36. The molecule has 0 aliphatic carbocycles. The molecule has 6 heteroatoms. The van der Waals surface area contributed by atoms with Gasteiger partial charge in [0.2, 0.25) is 0 Å². The molecule has 0 unspecified atom stereocenters. The van der Waals surface area contributed by atoms with Crippen molar-refractivity contribution in [1.82, 2.24) is 10.3 Å². The van der Waals surface area contributed by atoms with Crippen LogP contribution in [-0.4, -0.2) is 31.0 Å². The Bertz CT molecular complexity index is 405. The van der Waals surface area contributed by atoms with Gasteiger partial charge in [0.1, 0.15) is 10.7 Å². The first-order chi connectivity index (χ1) is 9.10. The number of nitrogen functional groups attached to an aromatic ring is 1. The van der Waals surface area contributed by atoms with E-state index in [1.165, 1.54) is 11.3 Å². The highest BCUT2D eigenvalue weighted by molar-refractivity contribution is 7.18. The fourth-order valence-corrected chi connectivity index (χ4v) is 2.62. The van der Waals surface area contributed by atoms with E-state index in [-0.39, 0.29) is 5.91 Å². The molecule has 0 bridgehead atoms. The smallest absolute Gasteiger partial charge is 0.265 e. The van der Waals surface area contributed by atoms with Crippen molar-refractivity contribution < 1.29 is 4.79 Å². The van der Waals surface area contributed by atoms with E-state index in [0.29, 0.717) is 17.2 Å². The number of aromatic nitrogens is 1. The van der Waals surface area contributed by atoms with Gasteiger partial charge in [-0.3, -0.25) is 4.79 Å². The van der Waals surface area contributed by atoms with Gasteiger partial charge in [-0.1, -0.05) is 38.0 Å². The van der Waals surface area contributed by atoms with Gasteiger partial charge in [-0.15, -0.1) is 0 Å². The maximum atomic E-state index is 12.0. The van der Waals surface area contributed by atoms with Crippen LogP contribution in [0.3, 0.4) is 0 Å². The first-order valence-corrected chi connectivity index (χ1v) is 7.67. The molecule has 0 fully saturated rings. The van der Waals surface area contributed by atoms with Crippen molar-refractivity contribution >= 4 is 28.2 Å². The molecule has 1 heterocycles. The highest BCUT2D eigenvalue weighted by Gasteiger charge is 2.17. The number of carbonyl (C=O) groups excluding carboxylic acids is 1. The Balaban J connectivity index is 2.60. The monoisotopic (exact) mass is 284 g/mol. The molecular formula is C13H24N4OS. The van der Waals surface area contributed by atoms with Gasteiger partial charge >= 0.3 is 0 Å². The fourth-order valence-electron chi connectivity index (χ4n) is 1.73. The van der Waals surface area contributed by atoms with E-state index < -0.39 is 0 Å². The van der Waals surface area contributed by atoms with Gasteiger partial charge in [0.25, 0.3) is 5.91 Å². The van der Waals surface area contributed by atoms with Gasteiger partial charge in [0, 0.05) is 20.1 Å². The second-order valence-corrected chi connectivity index (χ2v) is 5.57. The van der Waals surface area contributed by atoms with Crippen molar-refractivity contribution in [3.8, 4) is 0 Å². The Morgan fingerprint density at radius 3 is 2.74 bits per heavy atom. The van der Waals surface area contributed by atoms with Crippen molar-refractivity contribution in [3.63, 3.8) is 0 Å². The summed E-state index contributed by atoms with van der Waals surface area (Å²) in [6, 6.07) is 0. The average Bonchev–Trinajstić information content (AvgIpc) is 2.77. The summed E-state index contributed by atoms with van der Waals surface area (Å²) < 4.78 is 0. The predicted octanol–water partition coefficient (Wildman–Crippen LogP) is 2.49. The predicted molar refractivity (Wildman–Crippen MR) is 81.9 cm³/mol. The highest BCUT2D eigenvalue weighted by atomic mass is 32.1. The molecule has 1 aromatic heterocycles. The molecule has 108 valence electrons. The first kappa shape index (κ1) is 15.8. The number of hydrogen-bond donors (Lipinski definition) is 2. The molecule has 0 aromatic carbocycles. The molecular weight excluding hydrogens is 260 g/mol. The largest absolute Gasteiger partial charge is 0.382 e. The SMILES string of the molecule is CCCCCNC(=O)c1sc(N(C)CCC)nc1N. The zero-order chi connectivity index (χ0) is 14.3. The minimum absolute atomic E-state index is 0.109. The average molecular weight is 284 g/mol. The zero-order valence-electron chi connectivity index (χ0n) is 12.0. The molecule has 0 spiro atoms. The molecule has 5 nitrogen and oxygen atoms in total. The highest BCUT2D eigenvalue weighted by Crippen LogP contribution is 2.27. The number of thiazole rings is 1. The lowest BCUT2D eigenvalue weighted by Gasteiger charge is -2.13. The number of anilines is 2. The van der Waals surface area contributed by atoms with Gasteiger partial charge in [-0.2, -0.15) is 0 Å².